The number of esters is 2. The zero-order chi connectivity index (χ0) is 19.4. The maximum Gasteiger partial charge on any atom is 0.333 e. The van der Waals surface area contributed by atoms with Crippen LogP contribution in [-0.2, 0) is 19.1 Å². The molecule has 6 atom stereocenters. The Morgan fingerprint density at radius 2 is 1.08 bits per heavy atom. The van der Waals surface area contributed by atoms with Gasteiger partial charge < -0.3 is 9.47 Å². The number of hydrogen-bond donors (Lipinski definition) is 0. The first-order chi connectivity index (χ1) is 12.2. The highest BCUT2D eigenvalue weighted by Crippen LogP contribution is 2.45. The summed E-state index contributed by atoms with van der Waals surface area (Å²) in [5.41, 5.74) is 0.937. The van der Waals surface area contributed by atoms with Gasteiger partial charge >= 0.3 is 11.9 Å². The van der Waals surface area contributed by atoms with Gasteiger partial charge in [-0.3, -0.25) is 0 Å². The van der Waals surface area contributed by atoms with Crippen molar-refractivity contribution < 1.29 is 19.1 Å². The minimum atomic E-state index is -0.270. The standard InChI is InChI=1S/C22H34O4/c1-13(2)21(23)25-17-7-9-19(15(5)11-17)20-10-8-18(12-16(20)6)26-22(24)14(3)4/h15-20H,1,3,7-12H2,2,4-6H3. The van der Waals surface area contributed by atoms with Crippen molar-refractivity contribution in [1.82, 2.24) is 0 Å². The summed E-state index contributed by atoms with van der Waals surface area (Å²) in [6.45, 7) is 15.3. The fraction of sp³-hybridized carbons (Fsp3) is 0.727. The lowest BCUT2D eigenvalue weighted by atomic mass is 9.64. The highest BCUT2D eigenvalue weighted by atomic mass is 16.5. The van der Waals surface area contributed by atoms with Crippen molar-refractivity contribution in [2.75, 3.05) is 0 Å². The van der Waals surface area contributed by atoms with Crippen LogP contribution in [0.3, 0.4) is 0 Å². The molecule has 146 valence electrons. The molecule has 2 aliphatic rings. The third-order valence-corrected chi connectivity index (χ3v) is 6.17. The largest absolute Gasteiger partial charge is 0.459 e. The minimum Gasteiger partial charge on any atom is -0.459 e. The molecule has 0 heterocycles. The van der Waals surface area contributed by atoms with Gasteiger partial charge in [0.05, 0.1) is 0 Å². The van der Waals surface area contributed by atoms with Gasteiger partial charge in [-0.1, -0.05) is 27.0 Å². The van der Waals surface area contributed by atoms with E-state index in [-0.39, 0.29) is 24.1 Å². The van der Waals surface area contributed by atoms with Crippen LogP contribution in [-0.4, -0.2) is 24.1 Å². The zero-order valence-electron chi connectivity index (χ0n) is 16.8. The Kier molecular flexibility index (Phi) is 7.08. The summed E-state index contributed by atoms with van der Waals surface area (Å²) < 4.78 is 11.1. The van der Waals surface area contributed by atoms with E-state index in [0.29, 0.717) is 34.8 Å². The first-order valence-corrected chi connectivity index (χ1v) is 9.92. The summed E-state index contributed by atoms with van der Waals surface area (Å²) in [4.78, 5) is 23.5. The smallest absolute Gasteiger partial charge is 0.333 e. The minimum absolute atomic E-state index is 0.0219. The van der Waals surface area contributed by atoms with Gasteiger partial charge in [0.15, 0.2) is 0 Å². The topological polar surface area (TPSA) is 52.6 Å². The van der Waals surface area contributed by atoms with Gasteiger partial charge in [-0.25, -0.2) is 9.59 Å². The average molecular weight is 363 g/mol. The molecular weight excluding hydrogens is 328 g/mol. The molecular formula is C22H34O4. The Bertz CT molecular complexity index is 514. The summed E-state index contributed by atoms with van der Waals surface area (Å²) in [6, 6.07) is 0. The van der Waals surface area contributed by atoms with E-state index in [0.717, 1.165) is 38.5 Å². The van der Waals surface area contributed by atoms with E-state index in [1.807, 2.05) is 0 Å². The molecule has 0 spiro atoms. The van der Waals surface area contributed by atoms with Crippen molar-refractivity contribution in [3.05, 3.63) is 24.3 Å². The van der Waals surface area contributed by atoms with Crippen LogP contribution < -0.4 is 0 Å². The van der Waals surface area contributed by atoms with Crippen LogP contribution in [0.4, 0.5) is 0 Å². The van der Waals surface area contributed by atoms with E-state index in [1.54, 1.807) is 13.8 Å². The lowest BCUT2D eigenvalue weighted by Crippen LogP contribution is -2.39. The maximum atomic E-state index is 11.8. The van der Waals surface area contributed by atoms with Crippen molar-refractivity contribution in [3.8, 4) is 0 Å². The molecule has 0 radical (unpaired) electrons. The molecule has 0 bridgehead atoms. The highest BCUT2D eigenvalue weighted by Gasteiger charge is 2.39. The maximum absolute atomic E-state index is 11.8. The predicted octanol–water partition coefficient (Wildman–Crippen LogP) is 4.83. The van der Waals surface area contributed by atoms with Crippen molar-refractivity contribution >= 4 is 11.9 Å². The van der Waals surface area contributed by atoms with Gasteiger partial charge in [-0.2, -0.15) is 0 Å². The molecule has 2 aliphatic carbocycles. The molecule has 0 aromatic rings. The highest BCUT2D eigenvalue weighted by molar-refractivity contribution is 5.87. The molecule has 26 heavy (non-hydrogen) atoms. The quantitative estimate of drug-likeness (QED) is 0.519. The van der Waals surface area contributed by atoms with E-state index in [9.17, 15) is 9.59 Å². The fourth-order valence-electron chi connectivity index (χ4n) is 4.73. The summed E-state index contributed by atoms with van der Waals surface area (Å²) >= 11 is 0. The van der Waals surface area contributed by atoms with E-state index < -0.39 is 0 Å². The summed E-state index contributed by atoms with van der Waals surface area (Å²) in [6.07, 6.45) is 5.97. The number of hydrogen-bond acceptors (Lipinski definition) is 4. The first-order valence-electron chi connectivity index (χ1n) is 9.92. The van der Waals surface area contributed by atoms with Crippen LogP contribution in [0, 0.1) is 23.7 Å². The Balaban J connectivity index is 1.86. The molecule has 0 aromatic heterocycles. The van der Waals surface area contributed by atoms with Crippen LogP contribution in [0.5, 0.6) is 0 Å². The van der Waals surface area contributed by atoms with Crippen molar-refractivity contribution in [2.45, 2.75) is 78.4 Å². The van der Waals surface area contributed by atoms with Crippen molar-refractivity contribution in [3.63, 3.8) is 0 Å². The lowest BCUT2D eigenvalue weighted by molar-refractivity contribution is -0.150. The monoisotopic (exact) mass is 362 g/mol. The third kappa shape index (κ3) is 5.21. The second kappa shape index (κ2) is 8.88. The Morgan fingerprint density at radius 1 is 0.731 bits per heavy atom. The van der Waals surface area contributed by atoms with Crippen LogP contribution in [0.25, 0.3) is 0 Å². The van der Waals surface area contributed by atoms with Crippen LogP contribution in [0.2, 0.25) is 0 Å². The zero-order valence-corrected chi connectivity index (χ0v) is 16.8. The van der Waals surface area contributed by atoms with Gasteiger partial charge in [0, 0.05) is 11.1 Å². The molecule has 2 rings (SSSR count). The SMILES string of the molecule is C=C(C)C(=O)OC1CCC(C2CCC(OC(=O)C(=C)C)CC2C)C(C)C1. The van der Waals surface area contributed by atoms with E-state index in [1.165, 1.54) is 0 Å². The van der Waals surface area contributed by atoms with Crippen LogP contribution in [0.15, 0.2) is 24.3 Å². The second-order valence-electron chi connectivity index (χ2n) is 8.52. The van der Waals surface area contributed by atoms with Crippen molar-refractivity contribution in [2.24, 2.45) is 23.7 Å². The fourth-order valence-corrected chi connectivity index (χ4v) is 4.73. The summed E-state index contributed by atoms with van der Waals surface area (Å²) in [7, 11) is 0. The van der Waals surface area contributed by atoms with Crippen molar-refractivity contribution in [1.29, 1.82) is 0 Å². The van der Waals surface area contributed by atoms with E-state index in [4.69, 9.17) is 9.47 Å². The predicted molar refractivity (Wildman–Crippen MR) is 102 cm³/mol. The molecule has 0 aromatic carbocycles. The van der Waals surface area contributed by atoms with Crippen LogP contribution >= 0.6 is 0 Å². The molecule has 4 heteroatoms. The van der Waals surface area contributed by atoms with Crippen LogP contribution in [0.1, 0.15) is 66.2 Å². The normalized spacial score (nSPS) is 34.6. The Hall–Kier alpha value is -1.58. The van der Waals surface area contributed by atoms with Gasteiger partial charge in [-0.05, 0) is 76.0 Å². The summed E-state index contributed by atoms with van der Waals surface area (Å²) in [5, 5.41) is 0. The molecule has 2 saturated carbocycles. The molecule has 6 unspecified atom stereocenters. The van der Waals surface area contributed by atoms with Gasteiger partial charge in [-0.15, -0.1) is 0 Å². The number of carbonyl (C=O) groups is 2. The Labute approximate surface area is 158 Å². The number of rotatable bonds is 5. The average Bonchev–Trinajstić information content (AvgIpc) is 2.55. The summed E-state index contributed by atoms with van der Waals surface area (Å²) in [5.74, 6) is 1.84. The number of ether oxygens (including phenoxy) is 2. The van der Waals surface area contributed by atoms with Gasteiger partial charge in [0.1, 0.15) is 12.2 Å². The van der Waals surface area contributed by atoms with E-state index >= 15 is 0 Å². The molecule has 4 nitrogen and oxygen atoms in total. The lowest BCUT2D eigenvalue weighted by Gasteiger charge is -2.44. The molecule has 0 N–H and O–H groups in total. The second-order valence-corrected chi connectivity index (χ2v) is 8.52. The third-order valence-electron chi connectivity index (χ3n) is 6.17. The molecule has 0 aliphatic heterocycles. The molecule has 2 fully saturated rings. The van der Waals surface area contributed by atoms with E-state index in [2.05, 4.69) is 27.0 Å². The van der Waals surface area contributed by atoms with Gasteiger partial charge in [0.2, 0.25) is 0 Å². The van der Waals surface area contributed by atoms with Gasteiger partial charge in [0.25, 0.3) is 0 Å². The Morgan fingerprint density at radius 3 is 1.35 bits per heavy atom. The molecule has 0 amide bonds. The first kappa shape index (κ1) is 20.7. The molecule has 0 saturated heterocycles. The number of carbonyl (C=O) groups excluding carboxylic acids is 2.